The molecule has 0 amide bonds. The molecule has 0 spiro atoms. The van der Waals surface area contributed by atoms with Crippen molar-refractivity contribution in [2.75, 3.05) is 31.9 Å². The lowest BCUT2D eigenvalue weighted by atomic mass is 10.2. The zero-order chi connectivity index (χ0) is 15.2. The number of anilines is 3. The number of hydrogen-bond donors (Lipinski definition) is 2. The lowest BCUT2D eigenvalue weighted by molar-refractivity contribution is 0.405. The largest absolute Gasteiger partial charge is 0.497 e. The summed E-state index contributed by atoms with van der Waals surface area (Å²) in [5.74, 6) is 3.71. The maximum absolute atomic E-state index is 5.35. The van der Waals surface area contributed by atoms with Crippen molar-refractivity contribution >= 4 is 17.3 Å². The number of benzene rings is 1. The third-order valence-electron chi connectivity index (χ3n) is 3.01. The predicted octanol–water partition coefficient (Wildman–Crippen LogP) is 2.84. The Morgan fingerprint density at radius 3 is 2.43 bits per heavy atom. The highest BCUT2D eigenvalue weighted by atomic mass is 16.5. The molecule has 0 atom stereocenters. The van der Waals surface area contributed by atoms with Crippen LogP contribution in [0.15, 0.2) is 24.3 Å². The summed E-state index contributed by atoms with van der Waals surface area (Å²) in [5, 5.41) is 6.28. The van der Waals surface area contributed by atoms with Crippen LogP contribution in [-0.2, 0) is 6.42 Å². The first-order chi connectivity index (χ1) is 10.2. The van der Waals surface area contributed by atoms with Crippen LogP contribution in [0.1, 0.15) is 12.7 Å². The zero-order valence-corrected chi connectivity index (χ0v) is 12.7. The highest BCUT2D eigenvalue weighted by Crippen LogP contribution is 2.31. The Bertz CT molecular complexity index is 594. The molecule has 0 aliphatic carbocycles. The van der Waals surface area contributed by atoms with E-state index in [9.17, 15) is 0 Å². The number of methoxy groups -OCH3 is 2. The fourth-order valence-corrected chi connectivity index (χ4v) is 1.90. The number of ether oxygens (including phenoxy) is 2. The van der Waals surface area contributed by atoms with Gasteiger partial charge in [-0.3, -0.25) is 0 Å². The van der Waals surface area contributed by atoms with Crippen molar-refractivity contribution in [2.45, 2.75) is 13.3 Å². The van der Waals surface area contributed by atoms with E-state index in [1.165, 1.54) is 0 Å². The summed E-state index contributed by atoms with van der Waals surface area (Å²) < 4.78 is 10.6. The van der Waals surface area contributed by atoms with Gasteiger partial charge in [0, 0.05) is 25.6 Å². The second kappa shape index (κ2) is 6.78. The molecule has 1 aromatic heterocycles. The van der Waals surface area contributed by atoms with E-state index < -0.39 is 0 Å². The molecule has 0 fully saturated rings. The quantitative estimate of drug-likeness (QED) is 0.852. The molecule has 2 N–H and O–H groups in total. The van der Waals surface area contributed by atoms with Gasteiger partial charge in [0.1, 0.15) is 29.0 Å². The Morgan fingerprint density at radius 2 is 1.81 bits per heavy atom. The highest BCUT2D eigenvalue weighted by molar-refractivity contribution is 5.67. The van der Waals surface area contributed by atoms with Gasteiger partial charge in [-0.25, -0.2) is 9.97 Å². The van der Waals surface area contributed by atoms with Gasteiger partial charge in [-0.05, 0) is 12.1 Å². The molecule has 0 aliphatic heterocycles. The van der Waals surface area contributed by atoms with Crippen LogP contribution in [0.25, 0.3) is 0 Å². The molecule has 0 bridgehead atoms. The molecular formula is C15H20N4O2. The van der Waals surface area contributed by atoms with E-state index in [-0.39, 0.29) is 0 Å². The van der Waals surface area contributed by atoms with Gasteiger partial charge in [0.2, 0.25) is 0 Å². The Labute approximate surface area is 124 Å². The summed E-state index contributed by atoms with van der Waals surface area (Å²) in [7, 11) is 5.09. The maximum Gasteiger partial charge on any atom is 0.142 e. The van der Waals surface area contributed by atoms with Crippen molar-refractivity contribution < 1.29 is 9.47 Å². The molecule has 21 heavy (non-hydrogen) atoms. The molecular weight excluding hydrogens is 268 g/mol. The minimum Gasteiger partial charge on any atom is -0.497 e. The number of rotatable bonds is 6. The smallest absolute Gasteiger partial charge is 0.142 e. The van der Waals surface area contributed by atoms with Gasteiger partial charge in [0.25, 0.3) is 0 Å². The predicted molar refractivity (Wildman–Crippen MR) is 83.8 cm³/mol. The summed E-state index contributed by atoms with van der Waals surface area (Å²) in [6.45, 7) is 2.02. The molecule has 6 heteroatoms. The lowest BCUT2D eigenvalue weighted by Crippen LogP contribution is -2.04. The molecule has 0 unspecified atom stereocenters. The Kier molecular flexibility index (Phi) is 4.81. The maximum atomic E-state index is 5.35. The minimum absolute atomic E-state index is 0.706. The Hall–Kier alpha value is -2.50. The van der Waals surface area contributed by atoms with Gasteiger partial charge in [0.15, 0.2) is 0 Å². The molecule has 1 aromatic carbocycles. The van der Waals surface area contributed by atoms with Crippen LogP contribution in [0.5, 0.6) is 11.5 Å². The van der Waals surface area contributed by atoms with Crippen molar-refractivity contribution in [2.24, 2.45) is 0 Å². The molecule has 112 valence electrons. The van der Waals surface area contributed by atoms with Crippen LogP contribution >= 0.6 is 0 Å². The molecule has 0 radical (unpaired) electrons. The van der Waals surface area contributed by atoms with Crippen LogP contribution in [0.2, 0.25) is 0 Å². The minimum atomic E-state index is 0.706. The summed E-state index contributed by atoms with van der Waals surface area (Å²) in [4.78, 5) is 8.84. The number of nitrogens with zero attached hydrogens (tertiary/aromatic N) is 2. The average molecular weight is 288 g/mol. The second-order valence-corrected chi connectivity index (χ2v) is 4.35. The van der Waals surface area contributed by atoms with Gasteiger partial charge in [0.05, 0.1) is 19.9 Å². The molecule has 0 saturated carbocycles. The summed E-state index contributed by atoms with van der Waals surface area (Å²) >= 11 is 0. The normalized spacial score (nSPS) is 10.1. The molecule has 6 nitrogen and oxygen atoms in total. The van der Waals surface area contributed by atoms with Crippen molar-refractivity contribution in [3.05, 3.63) is 30.1 Å². The first-order valence-corrected chi connectivity index (χ1v) is 6.75. The molecule has 0 aliphatic rings. The first kappa shape index (κ1) is 14.9. The third kappa shape index (κ3) is 3.53. The number of aromatic nitrogens is 2. The monoisotopic (exact) mass is 288 g/mol. The highest BCUT2D eigenvalue weighted by Gasteiger charge is 2.08. The van der Waals surface area contributed by atoms with Gasteiger partial charge in [-0.15, -0.1) is 0 Å². The molecule has 2 aromatic rings. The SMILES string of the molecule is CCc1nc(NC)cc(Nc2cc(OC)ccc2OC)n1. The van der Waals surface area contributed by atoms with E-state index in [1.807, 2.05) is 38.2 Å². The fraction of sp³-hybridized carbons (Fsp3) is 0.333. The van der Waals surface area contributed by atoms with E-state index in [1.54, 1.807) is 14.2 Å². The zero-order valence-electron chi connectivity index (χ0n) is 12.7. The standard InChI is InChI=1S/C15H20N4O2/c1-5-13-18-14(16-2)9-15(19-13)17-11-8-10(20-3)6-7-12(11)21-4/h6-9H,5H2,1-4H3,(H2,16,17,18,19). The van der Waals surface area contributed by atoms with Gasteiger partial charge in [-0.2, -0.15) is 0 Å². The van der Waals surface area contributed by atoms with E-state index in [0.29, 0.717) is 5.82 Å². The van der Waals surface area contributed by atoms with Crippen LogP contribution in [0, 0.1) is 0 Å². The van der Waals surface area contributed by atoms with Crippen LogP contribution in [-0.4, -0.2) is 31.2 Å². The van der Waals surface area contributed by atoms with Crippen LogP contribution in [0.3, 0.4) is 0 Å². The third-order valence-corrected chi connectivity index (χ3v) is 3.01. The molecule has 1 heterocycles. The van der Waals surface area contributed by atoms with E-state index in [0.717, 1.165) is 35.2 Å². The number of aryl methyl sites for hydroxylation is 1. The number of hydrogen-bond acceptors (Lipinski definition) is 6. The Balaban J connectivity index is 2.36. The Morgan fingerprint density at radius 1 is 1.05 bits per heavy atom. The van der Waals surface area contributed by atoms with Crippen LogP contribution in [0.4, 0.5) is 17.3 Å². The van der Waals surface area contributed by atoms with E-state index in [4.69, 9.17) is 9.47 Å². The fourth-order valence-electron chi connectivity index (χ4n) is 1.90. The van der Waals surface area contributed by atoms with Gasteiger partial charge in [-0.1, -0.05) is 6.92 Å². The lowest BCUT2D eigenvalue weighted by Gasteiger charge is -2.13. The van der Waals surface area contributed by atoms with E-state index >= 15 is 0 Å². The van der Waals surface area contributed by atoms with Gasteiger partial charge >= 0.3 is 0 Å². The van der Waals surface area contributed by atoms with Crippen molar-refractivity contribution in [3.8, 4) is 11.5 Å². The summed E-state index contributed by atoms with van der Waals surface area (Å²) in [6.07, 6.45) is 0.763. The topological polar surface area (TPSA) is 68.3 Å². The molecule has 2 rings (SSSR count). The number of nitrogens with one attached hydrogen (secondary N) is 2. The first-order valence-electron chi connectivity index (χ1n) is 6.75. The average Bonchev–Trinajstić information content (AvgIpc) is 2.54. The van der Waals surface area contributed by atoms with Gasteiger partial charge < -0.3 is 20.1 Å². The van der Waals surface area contributed by atoms with Crippen molar-refractivity contribution in [1.29, 1.82) is 0 Å². The second-order valence-electron chi connectivity index (χ2n) is 4.35. The van der Waals surface area contributed by atoms with E-state index in [2.05, 4.69) is 20.6 Å². The van der Waals surface area contributed by atoms with Crippen LogP contribution < -0.4 is 20.1 Å². The van der Waals surface area contributed by atoms with Crippen molar-refractivity contribution in [1.82, 2.24) is 9.97 Å². The molecule has 0 saturated heterocycles. The van der Waals surface area contributed by atoms with Crippen molar-refractivity contribution in [3.63, 3.8) is 0 Å². The summed E-state index contributed by atoms with van der Waals surface area (Å²) in [6, 6.07) is 7.41. The summed E-state index contributed by atoms with van der Waals surface area (Å²) in [5.41, 5.74) is 0.791.